The van der Waals surface area contributed by atoms with Gasteiger partial charge in [0, 0.05) is 6.54 Å². The summed E-state index contributed by atoms with van der Waals surface area (Å²) in [6.07, 6.45) is 5.14. The van der Waals surface area contributed by atoms with E-state index in [1.54, 1.807) is 0 Å². The van der Waals surface area contributed by atoms with E-state index in [1.165, 1.54) is 11.9 Å². The van der Waals surface area contributed by atoms with Crippen molar-refractivity contribution in [2.24, 2.45) is 5.92 Å². The summed E-state index contributed by atoms with van der Waals surface area (Å²) in [4.78, 5) is 14.5. The average Bonchev–Trinajstić information content (AvgIpc) is 2.87. The van der Waals surface area contributed by atoms with Crippen molar-refractivity contribution in [2.75, 3.05) is 6.54 Å². The van der Waals surface area contributed by atoms with Gasteiger partial charge >= 0.3 is 5.97 Å². The summed E-state index contributed by atoms with van der Waals surface area (Å²) in [6.45, 7) is 4.69. The van der Waals surface area contributed by atoms with Crippen LogP contribution in [-0.2, 0) is 10.0 Å². The highest BCUT2D eigenvalue weighted by molar-refractivity contribution is 7.91. The molecule has 120 valence electrons. The minimum atomic E-state index is -3.77. The summed E-state index contributed by atoms with van der Waals surface area (Å²) >= 11 is 0.818. The molecule has 0 saturated carbocycles. The fourth-order valence-corrected chi connectivity index (χ4v) is 4.13. The Bertz CT molecular complexity index is 552. The quantitative estimate of drug-likeness (QED) is 0.641. The zero-order valence-electron chi connectivity index (χ0n) is 12.3. The lowest BCUT2D eigenvalue weighted by molar-refractivity contribution is 0.0687. The van der Waals surface area contributed by atoms with Crippen LogP contribution in [0.15, 0.2) is 9.72 Å². The maximum absolute atomic E-state index is 12.0. The van der Waals surface area contributed by atoms with Crippen molar-refractivity contribution >= 4 is 27.3 Å². The number of nitrogens with zero attached hydrogens (tertiary/aromatic N) is 1. The third kappa shape index (κ3) is 6.11. The summed E-state index contributed by atoms with van der Waals surface area (Å²) in [5, 5.41) is 8.88. The van der Waals surface area contributed by atoms with Gasteiger partial charge < -0.3 is 5.11 Å². The lowest BCUT2D eigenvalue weighted by Crippen LogP contribution is -2.25. The molecule has 0 aliphatic carbocycles. The van der Waals surface area contributed by atoms with Crippen LogP contribution in [-0.4, -0.2) is 31.0 Å². The van der Waals surface area contributed by atoms with E-state index in [2.05, 4.69) is 23.6 Å². The number of carboxylic acids is 1. The topological polar surface area (TPSA) is 96.4 Å². The van der Waals surface area contributed by atoms with Crippen molar-refractivity contribution in [1.29, 1.82) is 0 Å². The fourth-order valence-electron chi connectivity index (χ4n) is 1.87. The number of rotatable bonds is 10. The van der Waals surface area contributed by atoms with Gasteiger partial charge in [0.1, 0.15) is 0 Å². The molecule has 1 aromatic rings. The predicted molar refractivity (Wildman–Crippen MR) is 82.2 cm³/mol. The lowest BCUT2D eigenvalue weighted by atomic mass is 10.0. The number of nitrogens with one attached hydrogen (secondary N) is 1. The molecule has 0 aromatic carbocycles. The van der Waals surface area contributed by atoms with Gasteiger partial charge in [0.15, 0.2) is 9.90 Å². The maximum atomic E-state index is 12.0. The average molecular weight is 334 g/mol. The van der Waals surface area contributed by atoms with Crippen molar-refractivity contribution < 1.29 is 18.3 Å². The van der Waals surface area contributed by atoms with Crippen molar-refractivity contribution in [3.8, 4) is 0 Å². The molecular weight excluding hydrogens is 312 g/mol. The fraction of sp³-hybridized carbons (Fsp3) is 0.692. The second kappa shape index (κ2) is 8.45. The van der Waals surface area contributed by atoms with Crippen molar-refractivity contribution in [2.45, 2.75) is 50.2 Å². The van der Waals surface area contributed by atoms with Crippen LogP contribution in [0.2, 0.25) is 0 Å². The second-order valence-corrected chi connectivity index (χ2v) is 8.11. The van der Waals surface area contributed by atoms with Gasteiger partial charge in [0.2, 0.25) is 0 Å². The third-order valence-electron chi connectivity index (χ3n) is 2.98. The normalized spacial score (nSPS) is 12.0. The van der Waals surface area contributed by atoms with E-state index < -0.39 is 21.7 Å². The monoisotopic (exact) mass is 334 g/mol. The Labute approximate surface area is 129 Å². The van der Waals surface area contributed by atoms with Crippen LogP contribution in [0.25, 0.3) is 0 Å². The van der Waals surface area contributed by atoms with Crippen molar-refractivity contribution in [1.82, 2.24) is 9.71 Å². The molecular formula is C13H22N2O4S2. The summed E-state index contributed by atoms with van der Waals surface area (Å²) < 4.78 is 26.2. The van der Waals surface area contributed by atoms with E-state index in [1.807, 2.05) is 0 Å². The number of aromatic carboxylic acids is 1. The van der Waals surface area contributed by atoms with Gasteiger partial charge in [-0.25, -0.2) is 22.9 Å². The zero-order chi connectivity index (χ0) is 15.9. The summed E-state index contributed by atoms with van der Waals surface area (Å²) in [5.41, 5.74) is 0.814. The number of aromatic nitrogens is 1. The highest BCUT2D eigenvalue weighted by Crippen LogP contribution is 2.19. The minimum absolute atomic E-state index is 0.227. The molecule has 0 unspecified atom stereocenters. The Kier molecular flexibility index (Phi) is 7.27. The number of carboxylic acid groups (broad SMARTS) is 1. The Hall–Kier alpha value is -0.990. The summed E-state index contributed by atoms with van der Waals surface area (Å²) in [6, 6.07) is 0. The highest BCUT2D eigenvalue weighted by atomic mass is 32.2. The molecule has 0 spiro atoms. The maximum Gasteiger partial charge on any atom is 0.356 e. The number of sulfonamides is 1. The molecule has 0 aliphatic rings. The van der Waals surface area contributed by atoms with Gasteiger partial charge in [-0.3, -0.25) is 0 Å². The van der Waals surface area contributed by atoms with E-state index in [4.69, 9.17) is 5.11 Å². The molecule has 0 bridgehead atoms. The Morgan fingerprint density at radius 3 is 2.62 bits per heavy atom. The van der Waals surface area contributed by atoms with Gasteiger partial charge in [-0.2, -0.15) is 0 Å². The van der Waals surface area contributed by atoms with Gasteiger partial charge in [-0.15, -0.1) is 11.3 Å². The molecule has 0 atom stereocenters. The third-order valence-corrected chi connectivity index (χ3v) is 5.81. The largest absolute Gasteiger partial charge is 0.476 e. The lowest BCUT2D eigenvalue weighted by Gasteiger charge is -2.06. The number of carbonyl (C=O) groups is 1. The SMILES string of the molecule is CC(C)CCCCCCNS(=O)(=O)c1scnc1C(=O)O. The predicted octanol–water partition coefficient (Wildman–Crippen LogP) is 2.73. The number of thiazole rings is 1. The van der Waals surface area contributed by atoms with E-state index >= 15 is 0 Å². The molecule has 1 rings (SSSR count). The standard InChI is InChI=1S/C13H22N2O4S2/c1-10(2)7-5-3-4-6-8-15-21(18,19)13-11(12(16)17)14-9-20-13/h9-10,15H,3-8H2,1-2H3,(H,16,17). The Morgan fingerprint density at radius 2 is 2.00 bits per heavy atom. The first kappa shape index (κ1) is 18.1. The van der Waals surface area contributed by atoms with Crippen LogP contribution in [0.4, 0.5) is 0 Å². The number of unbranched alkanes of at least 4 members (excludes halogenated alkanes) is 3. The molecule has 0 saturated heterocycles. The first-order valence-electron chi connectivity index (χ1n) is 7.01. The number of hydrogen-bond acceptors (Lipinski definition) is 5. The molecule has 0 amide bonds. The molecule has 21 heavy (non-hydrogen) atoms. The van der Waals surface area contributed by atoms with Crippen LogP contribution in [0.1, 0.15) is 56.4 Å². The summed E-state index contributed by atoms with van der Waals surface area (Å²) in [5.74, 6) is -0.630. The number of hydrogen-bond donors (Lipinski definition) is 2. The van der Waals surface area contributed by atoms with Crippen LogP contribution in [0.5, 0.6) is 0 Å². The van der Waals surface area contributed by atoms with Crippen molar-refractivity contribution in [3.63, 3.8) is 0 Å². The van der Waals surface area contributed by atoms with E-state index in [9.17, 15) is 13.2 Å². The van der Waals surface area contributed by atoms with Crippen LogP contribution < -0.4 is 4.72 Å². The molecule has 1 aromatic heterocycles. The zero-order valence-corrected chi connectivity index (χ0v) is 14.0. The molecule has 0 radical (unpaired) electrons. The van der Waals surface area contributed by atoms with Crippen LogP contribution >= 0.6 is 11.3 Å². The minimum Gasteiger partial charge on any atom is -0.476 e. The molecule has 1 heterocycles. The Balaban J connectivity index is 2.37. The van der Waals surface area contributed by atoms with E-state index in [-0.39, 0.29) is 4.21 Å². The Morgan fingerprint density at radius 1 is 1.33 bits per heavy atom. The van der Waals surface area contributed by atoms with Crippen LogP contribution in [0.3, 0.4) is 0 Å². The highest BCUT2D eigenvalue weighted by Gasteiger charge is 2.25. The van der Waals surface area contributed by atoms with Gasteiger partial charge in [0.25, 0.3) is 10.0 Å². The van der Waals surface area contributed by atoms with Crippen LogP contribution in [0, 0.1) is 5.92 Å². The molecule has 0 fully saturated rings. The molecule has 0 aliphatic heterocycles. The molecule has 6 nitrogen and oxygen atoms in total. The van der Waals surface area contributed by atoms with E-state index in [0.29, 0.717) is 12.5 Å². The van der Waals surface area contributed by atoms with Gasteiger partial charge in [-0.05, 0) is 12.3 Å². The molecule has 2 N–H and O–H groups in total. The second-order valence-electron chi connectivity index (χ2n) is 5.29. The smallest absolute Gasteiger partial charge is 0.356 e. The van der Waals surface area contributed by atoms with Gasteiger partial charge in [-0.1, -0.05) is 39.5 Å². The van der Waals surface area contributed by atoms with Crippen molar-refractivity contribution in [3.05, 3.63) is 11.2 Å². The summed E-state index contributed by atoms with van der Waals surface area (Å²) in [7, 11) is -3.77. The first-order chi connectivity index (χ1) is 9.84. The molecule has 8 heteroatoms. The first-order valence-corrected chi connectivity index (χ1v) is 9.37. The van der Waals surface area contributed by atoms with Gasteiger partial charge in [0.05, 0.1) is 5.51 Å². The van der Waals surface area contributed by atoms with E-state index in [0.717, 1.165) is 37.0 Å².